The van der Waals surface area contributed by atoms with Gasteiger partial charge in [-0.3, -0.25) is 0 Å². The molecule has 1 heterocycles. The number of rotatable bonds is 3. The van der Waals surface area contributed by atoms with Crippen LogP contribution in [0.25, 0.3) is 0 Å². The smallest absolute Gasteiger partial charge is 0.264 e. The topological polar surface area (TPSA) is 74.2 Å². The van der Waals surface area contributed by atoms with Crippen LogP contribution in [-0.2, 0) is 12.0 Å². The first-order valence-corrected chi connectivity index (χ1v) is 5.76. The summed E-state index contributed by atoms with van der Waals surface area (Å²) < 4.78 is 10.6. The van der Waals surface area contributed by atoms with Gasteiger partial charge >= 0.3 is 0 Å². The summed E-state index contributed by atoms with van der Waals surface area (Å²) in [7, 11) is 0. The Morgan fingerprint density at radius 2 is 1.89 bits per heavy atom. The summed E-state index contributed by atoms with van der Waals surface area (Å²) in [6.07, 6.45) is 0. The maximum Gasteiger partial charge on any atom is 0.264 e. The first-order valence-electron chi connectivity index (χ1n) is 5.76. The first-order chi connectivity index (χ1) is 8.45. The molecule has 0 unspecified atom stereocenters. The number of hydrogen-bond donors (Lipinski definition) is 1. The summed E-state index contributed by atoms with van der Waals surface area (Å²) in [5, 5.41) is 3.93. The van der Waals surface area contributed by atoms with Crippen molar-refractivity contribution in [3.63, 3.8) is 0 Å². The highest BCUT2D eigenvalue weighted by atomic mass is 16.5. The Labute approximate surface area is 106 Å². The standard InChI is InChI=1S/C13H17N3O2/c1-13(2,3)12-15-11(18-16-12)8-17-10-6-4-9(14)5-7-10/h4-7H,8,14H2,1-3H3. The third kappa shape index (κ3) is 3.00. The summed E-state index contributed by atoms with van der Waals surface area (Å²) >= 11 is 0. The zero-order valence-electron chi connectivity index (χ0n) is 10.8. The van der Waals surface area contributed by atoms with Crippen molar-refractivity contribution in [3.8, 4) is 5.75 Å². The number of benzene rings is 1. The minimum Gasteiger partial charge on any atom is -0.484 e. The lowest BCUT2D eigenvalue weighted by Crippen LogP contribution is -2.13. The molecule has 0 amide bonds. The Morgan fingerprint density at radius 3 is 2.44 bits per heavy atom. The molecule has 0 saturated heterocycles. The van der Waals surface area contributed by atoms with Crippen molar-refractivity contribution in [2.75, 3.05) is 5.73 Å². The second kappa shape index (κ2) is 4.68. The van der Waals surface area contributed by atoms with E-state index in [9.17, 15) is 0 Å². The minimum atomic E-state index is -0.122. The van der Waals surface area contributed by atoms with Gasteiger partial charge in [0.15, 0.2) is 12.4 Å². The van der Waals surface area contributed by atoms with Crippen LogP contribution in [0.3, 0.4) is 0 Å². The Bertz CT molecular complexity index is 512. The average Bonchev–Trinajstić information content (AvgIpc) is 2.77. The van der Waals surface area contributed by atoms with Crippen LogP contribution in [0.5, 0.6) is 5.75 Å². The maximum atomic E-state index is 5.59. The maximum absolute atomic E-state index is 5.59. The summed E-state index contributed by atoms with van der Waals surface area (Å²) in [6.45, 7) is 6.35. The number of hydrogen-bond acceptors (Lipinski definition) is 5. The van der Waals surface area contributed by atoms with Gasteiger partial charge in [0.1, 0.15) is 5.75 Å². The minimum absolute atomic E-state index is 0.122. The van der Waals surface area contributed by atoms with Crippen molar-refractivity contribution in [3.05, 3.63) is 36.0 Å². The van der Waals surface area contributed by atoms with E-state index in [4.69, 9.17) is 15.0 Å². The van der Waals surface area contributed by atoms with Crippen molar-refractivity contribution >= 4 is 5.69 Å². The molecular weight excluding hydrogens is 230 g/mol. The van der Waals surface area contributed by atoms with E-state index in [1.807, 2.05) is 20.8 Å². The van der Waals surface area contributed by atoms with Crippen LogP contribution in [0, 0.1) is 0 Å². The summed E-state index contributed by atoms with van der Waals surface area (Å²) in [6, 6.07) is 7.17. The molecule has 0 saturated carbocycles. The van der Waals surface area contributed by atoms with E-state index >= 15 is 0 Å². The lowest BCUT2D eigenvalue weighted by Gasteiger charge is -2.10. The van der Waals surface area contributed by atoms with Gasteiger partial charge in [-0.15, -0.1) is 0 Å². The Balaban J connectivity index is 1.98. The van der Waals surface area contributed by atoms with Crippen LogP contribution in [-0.4, -0.2) is 10.1 Å². The predicted octanol–water partition coefficient (Wildman–Crippen LogP) is 2.53. The fourth-order valence-electron chi connectivity index (χ4n) is 1.33. The number of nitrogens with zero attached hydrogens (tertiary/aromatic N) is 2. The highest BCUT2D eigenvalue weighted by Gasteiger charge is 2.20. The van der Waals surface area contributed by atoms with Crippen LogP contribution in [0.2, 0.25) is 0 Å². The number of nitrogen functional groups attached to an aromatic ring is 1. The van der Waals surface area contributed by atoms with E-state index in [1.165, 1.54) is 0 Å². The molecule has 2 N–H and O–H groups in total. The van der Waals surface area contributed by atoms with Gasteiger partial charge in [-0.05, 0) is 24.3 Å². The molecule has 18 heavy (non-hydrogen) atoms. The first kappa shape index (κ1) is 12.4. The van der Waals surface area contributed by atoms with Gasteiger partial charge in [-0.1, -0.05) is 25.9 Å². The Kier molecular flexibility index (Phi) is 3.23. The van der Waals surface area contributed by atoms with Crippen molar-refractivity contribution in [2.45, 2.75) is 32.8 Å². The molecule has 0 aliphatic carbocycles. The summed E-state index contributed by atoms with van der Waals surface area (Å²) in [5.74, 6) is 1.87. The molecule has 1 aromatic carbocycles. The molecule has 0 spiro atoms. The zero-order chi connectivity index (χ0) is 13.2. The molecule has 0 aliphatic heterocycles. The molecule has 0 bridgehead atoms. The number of ether oxygens (including phenoxy) is 1. The summed E-state index contributed by atoms with van der Waals surface area (Å²) in [5.41, 5.74) is 6.17. The van der Waals surface area contributed by atoms with E-state index in [-0.39, 0.29) is 12.0 Å². The highest BCUT2D eigenvalue weighted by molar-refractivity contribution is 5.41. The molecule has 0 radical (unpaired) electrons. The lowest BCUT2D eigenvalue weighted by atomic mass is 9.96. The molecular formula is C13H17N3O2. The molecule has 2 aromatic rings. The Morgan fingerprint density at radius 1 is 1.22 bits per heavy atom. The summed E-state index contributed by atoms with van der Waals surface area (Å²) in [4.78, 5) is 4.29. The van der Waals surface area contributed by atoms with Gasteiger partial charge < -0.3 is 15.0 Å². The molecule has 0 atom stereocenters. The van der Waals surface area contributed by atoms with E-state index in [2.05, 4.69) is 10.1 Å². The largest absolute Gasteiger partial charge is 0.484 e. The molecule has 1 aromatic heterocycles. The van der Waals surface area contributed by atoms with Crippen molar-refractivity contribution in [1.29, 1.82) is 0 Å². The molecule has 0 fully saturated rings. The molecule has 0 aliphatic rings. The third-order valence-electron chi connectivity index (χ3n) is 2.38. The highest BCUT2D eigenvalue weighted by Crippen LogP contribution is 2.19. The van der Waals surface area contributed by atoms with E-state index in [1.54, 1.807) is 24.3 Å². The number of nitrogens with two attached hydrogens (primary N) is 1. The Hall–Kier alpha value is -2.04. The van der Waals surface area contributed by atoms with E-state index < -0.39 is 0 Å². The SMILES string of the molecule is CC(C)(C)c1noc(COc2ccc(N)cc2)n1. The number of anilines is 1. The van der Waals surface area contributed by atoms with Crippen LogP contribution in [0.15, 0.2) is 28.8 Å². The van der Waals surface area contributed by atoms with Gasteiger partial charge in [0.25, 0.3) is 5.89 Å². The molecule has 2 rings (SSSR count). The van der Waals surface area contributed by atoms with Gasteiger partial charge in [-0.2, -0.15) is 4.98 Å². The quantitative estimate of drug-likeness (QED) is 0.843. The van der Waals surface area contributed by atoms with Crippen molar-refractivity contribution in [1.82, 2.24) is 10.1 Å². The van der Waals surface area contributed by atoms with Gasteiger partial charge in [-0.25, -0.2) is 0 Å². The van der Waals surface area contributed by atoms with E-state index in [0.29, 0.717) is 17.4 Å². The van der Waals surface area contributed by atoms with Crippen molar-refractivity contribution < 1.29 is 9.26 Å². The number of aromatic nitrogens is 2. The molecule has 5 heteroatoms. The second-order valence-corrected chi connectivity index (χ2v) is 5.12. The average molecular weight is 247 g/mol. The van der Waals surface area contributed by atoms with Crippen LogP contribution in [0.4, 0.5) is 5.69 Å². The van der Waals surface area contributed by atoms with Gasteiger partial charge in [0.05, 0.1) is 0 Å². The second-order valence-electron chi connectivity index (χ2n) is 5.12. The van der Waals surface area contributed by atoms with E-state index in [0.717, 1.165) is 5.75 Å². The van der Waals surface area contributed by atoms with Crippen LogP contribution >= 0.6 is 0 Å². The zero-order valence-corrected chi connectivity index (χ0v) is 10.8. The monoisotopic (exact) mass is 247 g/mol. The third-order valence-corrected chi connectivity index (χ3v) is 2.38. The predicted molar refractivity (Wildman–Crippen MR) is 68.2 cm³/mol. The molecule has 96 valence electrons. The lowest BCUT2D eigenvalue weighted by molar-refractivity contribution is 0.242. The van der Waals surface area contributed by atoms with Gasteiger partial charge in [0, 0.05) is 11.1 Å². The fraction of sp³-hybridized carbons (Fsp3) is 0.385. The van der Waals surface area contributed by atoms with Crippen LogP contribution in [0.1, 0.15) is 32.5 Å². The fourth-order valence-corrected chi connectivity index (χ4v) is 1.33. The van der Waals surface area contributed by atoms with Gasteiger partial charge in [0.2, 0.25) is 0 Å². The molecule has 5 nitrogen and oxygen atoms in total. The normalized spacial score (nSPS) is 11.5. The van der Waals surface area contributed by atoms with Crippen molar-refractivity contribution in [2.24, 2.45) is 0 Å². The van der Waals surface area contributed by atoms with Crippen LogP contribution < -0.4 is 10.5 Å².